The van der Waals surface area contributed by atoms with E-state index in [0.717, 1.165) is 18.7 Å². The lowest BCUT2D eigenvalue weighted by atomic mass is 10.0. The van der Waals surface area contributed by atoms with Crippen LogP contribution in [0.1, 0.15) is 23.6 Å². The Hall–Kier alpha value is -1.78. The van der Waals surface area contributed by atoms with Crippen molar-refractivity contribution in [2.24, 2.45) is 0 Å². The fraction of sp³-hybridized carbons (Fsp3) is 0.316. The van der Waals surface area contributed by atoms with Crippen LogP contribution in [0.2, 0.25) is 0 Å². The molecule has 1 aliphatic rings. The normalized spacial score (nSPS) is 16.9. The molecule has 120 valence electrons. The second-order valence-electron chi connectivity index (χ2n) is 5.95. The van der Waals surface area contributed by atoms with Crippen LogP contribution in [0, 0.1) is 0 Å². The molecule has 1 aliphatic heterocycles. The van der Waals surface area contributed by atoms with Gasteiger partial charge < -0.3 is 5.32 Å². The van der Waals surface area contributed by atoms with Gasteiger partial charge in [-0.25, -0.2) is 0 Å². The molecule has 0 aromatic heterocycles. The van der Waals surface area contributed by atoms with Crippen molar-refractivity contribution < 1.29 is 4.79 Å². The zero-order chi connectivity index (χ0) is 16.1. The van der Waals surface area contributed by atoms with E-state index >= 15 is 0 Å². The Morgan fingerprint density at radius 1 is 1.17 bits per heavy atom. The van der Waals surface area contributed by atoms with Crippen molar-refractivity contribution >= 4 is 17.7 Å². The monoisotopic (exact) mass is 326 g/mol. The van der Waals surface area contributed by atoms with E-state index in [9.17, 15) is 4.79 Å². The Morgan fingerprint density at radius 3 is 2.74 bits per heavy atom. The number of carbonyl (C=O) groups is 1. The van der Waals surface area contributed by atoms with Crippen LogP contribution in [0.5, 0.6) is 0 Å². The fourth-order valence-corrected chi connectivity index (χ4v) is 4.05. The Balaban J connectivity index is 1.56. The van der Waals surface area contributed by atoms with Crippen LogP contribution in [0.25, 0.3) is 0 Å². The van der Waals surface area contributed by atoms with Crippen LogP contribution in [-0.4, -0.2) is 30.2 Å². The lowest BCUT2D eigenvalue weighted by molar-refractivity contribution is -0.122. The number of nitrogens with one attached hydrogen (secondary N) is 1. The highest BCUT2D eigenvalue weighted by molar-refractivity contribution is 7.99. The molecule has 3 nitrogen and oxygen atoms in total. The number of hydrogen-bond donors (Lipinski definition) is 1. The third-order valence-electron chi connectivity index (χ3n) is 4.00. The summed E-state index contributed by atoms with van der Waals surface area (Å²) in [5.41, 5.74) is 2.48. The third-order valence-corrected chi connectivity index (χ3v) is 5.13. The molecule has 0 saturated heterocycles. The number of carbonyl (C=O) groups excluding carboxylic acids is 1. The highest BCUT2D eigenvalue weighted by atomic mass is 32.2. The van der Waals surface area contributed by atoms with Crippen molar-refractivity contribution in [3.8, 4) is 0 Å². The first kappa shape index (κ1) is 16.1. The predicted octanol–water partition coefficient (Wildman–Crippen LogP) is 3.47. The van der Waals surface area contributed by atoms with E-state index in [-0.39, 0.29) is 11.9 Å². The van der Waals surface area contributed by atoms with Gasteiger partial charge in [-0.15, -0.1) is 11.8 Å². The summed E-state index contributed by atoms with van der Waals surface area (Å²) in [6.07, 6.45) is 0.996. The molecular formula is C19H22N2OS. The molecule has 0 bridgehead atoms. The molecule has 1 N–H and O–H groups in total. The minimum Gasteiger partial charge on any atom is -0.348 e. The van der Waals surface area contributed by atoms with Gasteiger partial charge in [0.2, 0.25) is 5.91 Å². The summed E-state index contributed by atoms with van der Waals surface area (Å²) in [5, 5.41) is 3.20. The summed E-state index contributed by atoms with van der Waals surface area (Å²) in [4.78, 5) is 15.7. The molecular weight excluding hydrogens is 304 g/mol. The molecule has 2 aromatic carbocycles. The number of rotatable bonds is 5. The fourth-order valence-electron chi connectivity index (χ4n) is 2.93. The van der Waals surface area contributed by atoms with Gasteiger partial charge in [0.05, 0.1) is 12.6 Å². The van der Waals surface area contributed by atoms with Crippen molar-refractivity contribution in [2.75, 3.05) is 19.3 Å². The maximum absolute atomic E-state index is 12.4. The van der Waals surface area contributed by atoms with Crippen molar-refractivity contribution in [3.05, 3.63) is 65.7 Å². The summed E-state index contributed by atoms with van der Waals surface area (Å²) < 4.78 is 0. The number of nitrogens with zero attached hydrogens (tertiary/aromatic N) is 1. The molecule has 1 heterocycles. The molecule has 0 aliphatic carbocycles. The Bertz CT molecular complexity index is 659. The van der Waals surface area contributed by atoms with Crippen molar-refractivity contribution in [1.29, 1.82) is 0 Å². The summed E-state index contributed by atoms with van der Waals surface area (Å²) in [5.74, 6) is 1.15. The van der Waals surface area contributed by atoms with Gasteiger partial charge in [-0.1, -0.05) is 48.5 Å². The lowest BCUT2D eigenvalue weighted by Crippen LogP contribution is -2.38. The Morgan fingerprint density at radius 2 is 1.91 bits per heavy atom. The first-order chi connectivity index (χ1) is 11.2. The SMILES string of the molecule is CN(CC(=O)N[C@H]1CCSc2ccccc21)Cc1ccccc1. The molecule has 1 atom stereocenters. The molecule has 3 rings (SSSR count). The van der Waals surface area contributed by atoms with Gasteiger partial charge in [0.15, 0.2) is 0 Å². The van der Waals surface area contributed by atoms with Gasteiger partial charge in [0.25, 0.3) is 0 Å². The first-order valence-electron chi connectivity index (χ1n) is 7.96. The molecule has 0 fully saturated rings. The summed E-state index contributed by atoms with van der Waals surface area (Å²) >= 11 is 1.87. The van der Waals surface area contributed by atoms with E-state index in [2.05, 4.69) is 35.6 Å². The molecule has 0 spiro atoms. The smallest absolute Gasteiger partial charge is 0.234 e. The van der Waals surface area contributed by atoms with E-state index < -0.39 is 0 Å². The first-order valence-corrected chi connectivity index (χ1v) is 8.94. The maximum atomic E-state index is 12.4. The standard InChI is InChI=1S/C19H22N2OS/c1-21(13-15-7-3-2-4-8-15)14-19(22)20-17-11-12-23-18-10-6-5-9-16(17)18/h2-10,17H,11-14H2,1H3,(H,20,22)/t17-/m0/s1. The topological polar surface area (TPSA) is 32.3 Å². The molecule has 4 heteroatoms. The zero-order valence-corrected chi connectivity index (χ0v) is 14.2. The maximum Gasteiger partial charge on any atom is 0.234 e. The van der Waals surface area contributed by atoms with E-state index in [1.165, 1.54) is 16.0 Å². The molecule has 0 saturated carbocycles. The van der Waals surface area contributed by atoms with Crippen LogP contribution in [0.3, 0.4) is 0 Å². The van der Waals surface area contributed by atoms with Gasteiger partial charge in [0, 0.05) is 17.2 Å². The largest absolute Gasteiger partial charge is 0.348 e. The number of likely N-dealkylation sites (N-methyl/N-ethyl adjacent to an activating group) is 1. The van der Waals surface area contributed by atoms with Crippen LogP contribution in [0.15, 0.2) is 59.5 Å². The van der Waals surface area contributed by atoms with Gasteiger partial charge in [-0.3, -0.25) is 9.69 Å². The van der Waals surface area contributed by atoms with E-state index in [1.807, 2.05) is 48.0 Å². The Labute approximate surface area is 142 Å². The summed E-state index contributed by atoms with van der Waals surface area (Å²) in [7, 11) is 1.98. The highest BCUT2D eigenvalue weighted by Gasteiger charge is 2.22. The number of thioether (sulfide) groups is 1. The number of benzene rings is 2. The summed E-state index contributed by atoms with van der Waals surface area (Å²) in [6.45, 7) is 1.20. The average Bonchev–Trinajstić information content (AvgIpc) is 2.56. The number of amides is 1. The number of hydrogen-bond acceptors (Lipinski definition) is 3. The lowest BCUT2D eigenvalue weighted by Gasteiger charge is -2.27. The average molecular weight is 326 g/mol. The van der Waals surface area contributed by atoms with E-state index in [1.54, 1.807) is 0 Å². The molecule has 1 amide bonds. The molecule has 0 unspecified atom stereocenters. The molecule has 0 radical (unpaired) electrons. The third kappa shape index (κ3) is 4.36. The molecule has 23 heavy (non-hydrogen) atoms. The van der Waals surface area contributed by atoms with Crippen molar-refractivity contribution in [3.63, 3.8) is 0 Å². The van der Waals surface area contributed by atoms with Crippen LogP contribution < -0.4 is 5.32 Å². The van der Waals surface area contributed by atoms with Gasteiger partial charge >= 0.3 is 0 Å². The quantitative estimate of drug-likeness (QED) is 0.913. The highest BCUT2D eigenvalue weighted by Crippen LogP contribution is 2.35. The van der Waals surface area contributed by atoms with Crippen molar-refractivity contribution in [2.45, 2.75) is 23.9 Å². The van der Waals surface area contributed by atoms with Crippen LogP contribution >= 0.6 is 11.8 Å². The van der Waals surface area contributed by atoms with Gasteiger partial charge in [-0.2, -0.15) is 0 Å². The minimum absolute atomic E-state index is 0.0927. The van der Waals surface area contributed by atoms with Gasteiger partial charge in [0.1, 0.15) is 0 Å². The zero-order valence-electron chi connectivity index (χ0n) is 13.4. The second kappa shape index (κ2) is 7.66. The van der Waals surface area contributed by atoms with Crippen molar-refractivity contribution in [1.82, 2.24) is 10.2 Å². The minimum atomic E-state index is 0.0927. The number of fused-ring (bicyclic) bond motifs is 1. The Kier molecular flexibility index (Phi) is 5.36. The van der Waals surface area contributed by atoms with E-state index in [0.29, 0.717) is 6.54 Å². The van der Waals surface area contributed by atoms with Gasteiger partial charge in [-0.05, 0) is 30.7 Å². The second-order valence-corrected chi connectivity index (χ2v) is 7.09. The summed E-state index contributed by atoms with van der Waals surface area (Å²) in [6, 6.07) is 18.8. The van der Waals surface area contributed by atoms with E-state index in [4.69, 9.17) is 0 Å². The van der Waals surface area contributed by atoms with Crippen LogP contribution in [-0.2, 0) is 11.3 Å². The van der Waals surface area contributed by atoms with Crippen LogP contribution in [0.4, 0.5) is 0 Å². The molecule has 2 aromatic rings. The predicted molar refractivity (Wildman–Crippen MR) is 95.4 cm³/mol.